The molecule has 3 heterocycles. The SMILES string of the molecule is CCc1ccc(Cn2c(CCc3ccccc3)nnc2[C@@H](Cc2c[nH]c3ccccc23)NC(=O)[C@H]2CCCCN2)cc1. The third-order valence-corrected chi connectivity index (χ3v) is 8.46. The molecule has 1 fully saturated rings. The number of H-pyrrole nitrogens is 1. The van der Waals surface area contributed by atoms with Gasteiger partial charge in [-0.2, -0.15) is 0 Å². The van der Waals surface area contributed by atoms with Crippen molar-refractivity contribution in [3.8, 4) is 0 Å². The Labute approximate surface area is 247 Å². The third kappa shape index (κ3) is 6.47. The second-order valence-corrected chi connectivity index (χ2v) is 11.3. The number of carbonyl (C=O) groups excluding carboxylic acids is 1. The van der Waals surface area contributed by atoms with E-state index in [-0.39, 0.29) is 18.0 Å². The summed E-state index contributed by atoms with van der Waals surface area (Å²) < 4.78 is 2.23. The minimum atomic E-state index is -0.326. The van der Waals surface area contributed by atoms with Crippen LogP contribution < -0.4 is 10.6 Å². The van der Waals surface area contributed by atoms with Gasteiger partial charge in [-0.1, -0.05) is 86.1 Å². The Morgan fingerprint density at radius 2 is 1.71 bits per heavy atom. The maximum Gasteiger partial charge on any atom is 0.237 e. The van der Waals surface area contributed by atoms with Crippen LogP contribution in [0.5, 0.6) is 0 Å². The number of rotatable bonds is 11. The van der Waals surface area contributed by atoms with Gasteiger partial charge in [0.1, 0.15) is 5.82 Å². The van der Waals surface area contributed by atoms with E-state index in [0.29, 0.717) is 13.0 Å². The molecule has 3 aromatic carbocycles. The molecule has 1 aliphatic heterocycles. The molecule has 0 unspecified atom stereocenters. The summed E-state index contributed by atoms with van der Waals surface area (Å²) in [5.41, 5.74) is 6.03. The van der Waals surface area contributed by atoms with Crippen molar-refractivity contribution in [3.63, 3.8) is 0 Å². The van der Waals surface area contributed by atoms with Gasteiger partial charge in [-0.25, -0.2) is 0 Å². The van der Waals surface area contributed by atoms with Crippen molar-refractivity contribution in [2.45, 2.75) is 70.5 Å². The largest absolute Gasteiger partial charge is 0.361 e. The lowest BCUT2D eigenvalue weighted by Gasteiger charge is -2.26. The molecule has 1 saturated heterocycles. The average molecular weight is 561 g/mol. The number of amides is 1. The first-order chi connectivity index (χ1) is 20.7. The van der Waals surface area contributed by atoms with Crippen molar-refractivity contribution >= 4 is 16.8 Å². The Bertz CT molecular complexity index is 1600. The lowest BCUT2D eigenvalue weighted by atomic mass is 10.0. The van der Waals surface area contributed by atoms with Crippen molar-refractivity contribution in [1.29, 1.82) is 0 Å². The monoisotopic (exact) mass is 560 g/mol. The zero-order valence-electron chi connectivity index (χ0n) is 24.4. The Balaban J connectivity index is 1.36. The summed E-state index contributed by atoms with van der Waals surface area (Å²) >= 11 is 0. The van der Waals surface area contributed by atoms with Crippen LogP contribution >= 0.6 is 0 Å². The van der Waals surface area contributed by atoms with Crippen LogP contribution in [0, 0.1) is 0 Å². The maximum absolute atomic E-state index is 13.6. The highest BCUT2D eigenvalue weighted by molar-refractivity contribution is 5.84. The van der Waals surface area contributed by atoms with Crippen molar-refractivity contribution < 1.29 is 4.79 Å². The zero-order valence-corrected chi connectivity index (χ0v) is 24.4. The number of aromatic amines is 1. The molecule has 2 aromatic heterocycles. The van der Waals surface area contributed by atoms with E-state index < -0.39 is 0 Å². The Hall–Kier alpha value is -4.23. The summed E-state index contributed by atoms with van der Waals surface area (Å²) in [5, 5.41) is 17.5. The number of hydrogen-bond donors (Lipinski definition) is 3. The summed E-state index contributed by atoms with van der Waals surface area (Å²) in [5.74, 6) is 1.77. The number of aryl methyl sites for hydroxylation is 3. The predicted octanol–water partition coefficient (Wildman–Crippen LogP) is 5.70. The number of hydrogen-bond acceptors (Lipinski definition) is 4. The van der Waals surface area contributed by atoms with Crippen molar-refractivity contribution in [3.05, 3.63) is 119 Å². The fourth-order valence-electron chi connectivity index (χ4n) is 6.00. The van der Waals surface area contributed by atoms with Gasteiger partial charge in [-0.05, 0) is 60.5 Å². The van der Waals surface area contributed by atoms with E-state index >= 15 is 0 Å². The molecule has 42 heavy (non-hydrogen) atoms. The van der Waals surface area contributed by atoms with Crippen LogP contribution in [0.15, 0.2) is 85.1 Å². The van der Waals surface area contributed by atoms with Crippen LogP contribution in [-0.2, 0) is 37.0 Å². The van der Waals surface area contributed by atoms with Gasteiger partial charge in [0.05, 0.1) is 18.6 Å². The number of para-hydroxylation sites is 1. The number of nitrogens with zero attached hydrogens (tertiary/aromatic N) is 3. The number of nitrogens with one attached hydrogen (secondary N) is 3. The molecular formula is C35H40N6O. The van der Waals surface area contributed by atoms with Crippen molar-refractivity contribution in [2.24, 2.45) is 0 Å². The number of carbonyl (C=O) groups is 1. The summed E-state index contributed by atoms with van der Waals surface area (Å²) in [7, 11) is 0. The molecule has 0 spiro atoms. The smallest absolute Gasteiger partial charge is 0.237 e. The van der Waals surface area contributed by atoms with Gasteiger partial charge >= 0.3 is 0 Å². The quantitative estimate of drug-likeness (QED) is 0.194. The number of fused-ring (bicyclic) bond motifs is 1. The Morgan fingerprint density at radius 3 is 2.50 bits per heavy atom. The highest BCUT2D eigenvalue weighted by atomic mass is 16.2. The summed E-state index contributed by atoms with van der Waals surface area (Å²) in [6.07, 6.45) is 8.35. The first-order valence-electron chi connectivity index (χ1n) is 15.3. The van der Waals surface area contributed by atoms with E-state index in [4.69, 9.17) is 10.2 Å². The standard InChI is InChI=1S/C35H40N6O/c1-2-25-15-17-27(18-16-25)24-41-33(20-19-26-10-4-3-5-11-26)39-40-34(41)32(38-35(42)31-14-8-9-21-36-31)22-28-23-37-30-13-7-6-12-29(28)30/h3-7,10-13,15-18,23,31-32,36-37H,2,8-9,14,19-22,24H2,1H3,(H,38,42)/t31-,32-/m1/s1. The minimum absolute atomic E-state index is 0.0345. The van der Waals surface area contributed by atoms with Crippen molar-refractivity contribution in [2.75, 3.05) is 6.54 Å². The number of benzene rings is 3. The number of piperidine rings is 1. The molecule has 216 valence electrons. The third-order valence-electron chi connectivity index (χ3n) is 8.46. The Kier molecular flexibility index (Phi) is 8.75. The molecule has 7 heteroatoms. The minimum Gasteiger partial charge on any atom is -0.361 e. The first-order valence-corrected chi connectivity index (χ1v) is 15.3. The van der Waals surface area contributed by atoms with Gasteiger partial charge in [-0.3, -0.25) is 4.79 Å². The summed E-state index contributed by atoms with van der Waals surface area (Å²) in [6, 6.07) is 27.1. The lowest BCUT2D eigenvalue weighted by molar-refractivity contribution is -0.124. The summed E-state index contributed by atoms with van der Waals surface area (Å²) in [4.78, 5) is 17.0. The lowest BCUT2D eigenvalue weighted by Crippen LogP contribution is -2.48. The molecule has 0 saturated carbocycles. The topological polar surface area (TPSA) is 87.6 Å². The van der Waals surface area contributed by atoms with E-state index in [2.05, 4.69) is 100 Å². The van der Waals surface area contributed by atoms with Crippen LogP contribution in [0.3, 0.4) is 0 Å². The normalized spacial score (nSPS) is 16.0. The van der Waals surface area contributed by atoms with Gasteiger partial charge in [-0.15, -0.1) is 10.2 Å². The average Bonchev–Trinajstić information content (AvgIpc) is 3.64. The van der Waals surface area contributed by atoms with Crippen LogP contribution in [-0.4, -0.2) is 38.2 Å². The second kappa shape index (κ2) is 13.2. The predicted molar refractivity (Wildman–Crippen MR) is 167 cm³/mol. The van der Waals surface area contributed by atoms with Gasteiger partial charge in [0.25, 0.3) is 0 Å². The molecule has 0 radical (unpaired) electrons. The van der Waals surface area contributed by atoms with E-state index in [0.717, 1.165) is 73.2 Å². The van der Waals surface area contributed by atoms with Crippen molar-refractivity contribution in [1.82, 2.24) is 30.4 Å². The van der Waals surface area contributed by atoms with E-state index in [9.17, 15) is 4.79 Å². The van der Waals surface area contributed by atoms with Crippen LogP contribution in [0.4, 0.5) is 0 Å². The summed E-state index contributed by atoms with van der Waals surface area (Å²) in [6.45, 7) is 3.70. The fraction of sp³-hybridized carbons (Fsp3) is 0.343. The molecule has 1 amide bonds. The van der Waals surface area contributed by atoms with Crippen LogP contribution in [0.25, 0.3) is 10.9 Å². The molecule has 5 aromatic rings. The van der Waals surface area contributed by atoms with Gasteiger partial charge in [0, 0.05) is 29.9 Å². The molecule has 0 aliphatic carbocycles. The number of aromatic nitrogens is 4. The van der Waals surface area contributed by atoms with E-state index in [1.54, 1.807) is 0 Å². The highest BCUT2D eigenvalue weighted by Gasteiger charge is 2.28. The maximum atomic E-state index is 13.6. The molecule has 1 aliphatic rings. The fourth-order valence-corrected chi connectivity index (χ4v) is 6.00. The van der Waals surface area contributed by atoms with Crippen LogP contribution in [0.1, 0.15) is 66.1 Å². The molecular weight excluding hydrogens is 520 g/mol. The molecule has 2 atom stereocenters. The molecule has 3 N–H and O–H groups in total. The first kappa shape index (κ1) is 27.9. The Morgan fingerprint density at radius 1 is 0.929 bits per heavy atom. The van der Waals surface area contributed by atoms with Crippen LogP contribution in [0.2, 0.25) is 0 Å². The van der Waals surface area contributed by atoms with Gasteiger partial charge in [0.2, 0.25) is 5.91 Å². The highest BCUT2D eigenvalue weighted by Crippen LogP contribution is 2.26. The molecule has 0 bridgehead atoms. The molecule has 7 nitrogen and oxygen atoms in total. The molecule has 6 rings (SSSR count). The second-order valence-electron chi connectivity index (χ2n) is 11.3. The van der Waals surface area contributed by atoms with Gasteiger partial charge in [0.15, 0.2) is 5.82 Å². The van der Waals surface area contributed by atoms with E-state index in [1.807, 2.05) is 12.1 Å². The van der Waals surface area contributed by atoms with Gasteiger partial charge < -0.3 is 20.2 Å². The zero-order chi connectivity index (χ0) is 28.7. The van der Waals surface area contributed by atoms with E-state index in [1.165, 1.54) is 16.7 Å².